The van der Waals surface area contributed by atoms with Crippen molar-refractivity contribution in [1.82, 2.24) is 9.88 Å². The van der Waals surface area contributed by atoms with Crippen LogP contribution >= 0.6 is 11.3 Å². The van der Waals surface area contributed by atoms with Crippen LogP contribution in [0.2, 0.25) is 0 Å². The molecule has 1 heterocycles. The van der Waals surface area contributed by atoms with E-state index in [1.54, 1.807) is 12.3 Å². The smallest absolute Gasteiger partial charge is 0.307 e. The van der Waals surface area contributed by atoms with Crippen LogP contribution in [0, 0.1) is 18.6 Å². The van der Waals surface area contributed by atoms with Crippen LogP contribution in [-0.4, -0.2) is 21.6 Å². The molecular formula is C16H18F2N2O3S. The largest absolute Gasteiger partial charge is 0.386 e. The number of amides is 1. The Morgan fingerprint density at radius 2 is 2.00 bits per heavy atom. The number of thiazole rings is 1. The number of aromatic nitrogens is 1. The SMILES string of the molecule is Cc1csc(=O)n1CCC(=O)N[C@@H](C)[C@H](O)c1c(F)cccc1F. The molecule has 0 aliphatic rings. The van der Waals surface area contributed by atoms with Gasteiger partial charge in [-0.05, 0) is 26.0 Å². The van der Waals surface area contributed by atoms with E-state index in [-0.39, 0.29) is 17.8 Å². The average molecular weight is 356 g/mol. The molecule has 0 fully saturated rings. The minimum absolute atomic E-state index is 0.0221. The zero-order valence-electron chi connectivity index (χ0n) is 13.3. The van der Waals surface area contributed by atoms with Crippen molar-refractivity contribution in [2.45, 2.75) is 39.0 Å². The van der Waals surface area contributed by atoms with E-state index in [2.05, 4.69) is 5.32 Å². The molecule has 24 heavy (non-hydrogen) atoms. The minimum atomic E-state index is -1.51. The first-order valence-electron chi connectivity index (χ1n) is 7.37. The van der Waals surface area contributed by atoms with Gasteiger partial charge in [-0.2, -0.15) is 0 Å². The number of rotatable bonds is 6. The molecule has 1 aromatic carbocycles. The number of aliphatic hydroxyl groups excluding tert-OH is 1. The van der Waals surface area contributed by atoms with Crippen LogP contribution in [0.1, 0.15) is 30.7 Å². The van der Waals surface area contributed by atoms with Crippen molar-refractivity contribution in [3.8, 4) is 0 Å². The number of nitrogens with zero attached hydrogens (tertiary/aromatic N) is 1. The van der Waals surface area contributed by atoms with E-state index < -0.39 is 35.3 Å². The van der Waals surface area contributed by atoms with E-state index in [9.17, 15) is 23.5 Å². The van der Waals surface area contributed by atoms with Gasteiger partial charge in [0.2, 0.25) is 5.91 Å². The van der Waals surface area contributed by atoms with E-state index in [1.807, 2.05) is 0 Å². The average Bonchev–Trinajstić information content (AvgIpc) is 2.83. The van der Waals surface area contributed by atoms with Crippen molar-refractivity contribution in [1.29, 1.82) is 0 Å². The van der Waals surface area contributed by atoms with Crippen LogP contribution in [0.4, 0.5) is 8.78 Å². The first-order chi connectivity index (χ1) is 11.3. The number of aryl methyl sites for hydroxylation is 1. The molecule has 0 aliphatic heterocycles. The Balaban J connectivity index is 1.97. The lowest BCUT2D eigenvalue weighted by Gasteiger charge is -2.21. The molecule has 2 rings (SSSR count). The lowest BCUT2D eigenvalue weighted by Crippen LogP contribution is -2.38. The maximum atomic E-state index is 13.7. The zero-order valence-corrected chi connectivity index (χ0v) is 14.1. The van der Waals surface area contributed by atoms with E-state index in [4.69, 9.17) is 0 Å². The van der Waals surface area contributed by atoms with Gasteiger partial charge in [0.25, 0.3) is 0 Å². The second-order valence-corrected chi connectivity index (χ2v) is 6.30. The highest BCUT2D eigenvalue weighted by molar-refractivity contribution is 7.07. The molecule has 2 atom stereocenters. The monoisotopic (exact) mass is 356 g/mol. The first kappa shape index (κ1) is 18.3. The highest BCUT2D eigenvalue weighted by Crippen LogP contribution is 2.23. The van der Waals surface area contributed by atoms with Crippen LogP contribution in [0.25, 0.3) is 0 Å². The third kappa shape index (κ3) is 4.07. The quantitative estimate of drug-likeness (QED) is 0.833. The third-order valence-corrected chi connectivity index (χ3v) is 4.58. The number of carbonyl (C=O) groups excluding carboxylic acids is 1. The molecule has 0 radical (unpaired) electrons. The molecule has 2 N–H and O–H groups in total. The Kier molecular flexibility index (Phi) is 5.84. The van der Waals surface area contributed by atoms with Gasteiger partial charge in [-0.15, -0.1) is 0 Å². The molecule has 1 aromatic heterocycles. The number of aliphatic hydroxyl groups is 1. The normalized spacial score (nSPS) is 13.5. The van der Waals surface area contributed by atoms with E-state index >= 15 is 0 Å². The Labute approximate surface area is 141 Å². The summed E-state index contributed by atoms with van der Waals surface area (Å²) >= 11 is 1.05. The van der Waals surface area contributed by atoms with Gasteiger partial charge < -0.3 is 15.0 Å². The van der Waals surface area contributed by atoms with Gasteiger partial charge >= 0.3 is 4.87 Å². The van der Waals surface area contributed by atoms with Crippen LogP contribution in [0.5, 0.6) is 0 Å². The first-order valence-corrected chi connectivity index (χ1v) is 8.25. The maximum Gasteiger partial charge on any atom is 0.307 e. The fourth-order valence-corrected chi connectivity index (χ4v) is 3.10. The van der Waals surface area contributed by atoms with Crippen LogP contribution in [0.3, 0.4) is 0 Å². The number of nitrogens with one attached hydrogen (secondary N) is 1. The fraction of sp³-hybridized carbons (Fsp3) is 0.375. The summed E-state index contributed by atoms with van der Waals surface area (Å²) in [4.78, 5) is 23.4. The zero-order chi connectivity index (χ0) is 17.9. The van der Waals surface area contributed by atoms with Gasteiger partial charge in [-0.25, -0.2) is 8.78 Å². The standard InChI is InChI=1S/C16H18F2N2O3S/c1-9-8-24-16(23)20(9)7-6-13(21)19-10(2)15(22)14-11(17)4-3-5-12(14)18/h3-5,8,10,15,22H,6-7H2,1-2H3,(H,19,21)/t10-,15-/m0/s1. The molecule has 130 valence electrons. The Hall–Kier alpha value is -2.06. The molecule has 0 saturated carbocycles. The summed E-state index contributed by atoms with van der Waals surface area (Å²) in [6.45, 7) is 3.43. The predicted octanol–water partition coefficient (Wildman–Crippen LogP) is 2.12. The molecule has 5 nitrogen and oxygen atoms in total. The van der Waals surface area contributed by atoms with Crippen LogP contribution in [0.15, 0.2) is 28.4 Å². The molecule has 0 bridgehead atoms. The predicted molar refractivity (Wildman–Crippen MR) is 86.9 cm³/mol. The summed E-state index contributed by atoms with van der Waals surface area (Å²) in [5.41, 5.74) is 0.287. The van der Waals surface area contributed by atoms with Gasteiger partial charge in [0.05, 0.1) is 11.6 Å². The summed E-state index contributed by atoms with van der Waals surface area (Å²) in [5, 5.41) is 14.3. The molecule has 0 unspecified atom stereocenters. The molecule has 2 aromatic rings. The summed E-state index contributed by atoms with van der Waals surface area (Å²) in [6.07, 6.45) is -1.49. The Morgan fingerprint density at radius 3 is 2.54 bits per heavy atom. The molecule has 0 spiro atoms. The van der Waals surface area contributed by atoms with E-state index in [0.29, 0.717) is 0 Å². The second-order valence-electron chi connectivity index (χ2n) is 5.48. The summed E-state index contributed by atoms with van der Waals surface area (Å²) in [6, 6.07) is 2.40. The molecule has 1 amide bonds. The highest BCUT2D eigenvalue weighted by Gasteiger charge is 2.24. The molecule has 0 saturated heterocycles. The van der Waals surface area contributed by atoms with Crippen LogP contribution in [-0.2, 0) is 11.3 Å². The molecular weight excluding hydrogens is 338 g/mol. The van der Waals surface area contributed by atoms with E-state index in [0.717, 1.165) is 29.2 Å². The number of hydrogen-bond acceptors (Lipinski definition) is 4. The fourth-order valence-electron chi connectivity index (χ4n) is 2.34. The van der Waals surface area contributed by atoms with Crippen molar-refractivity contribution < 1.29 is 18.7 Å². The molecule has 0 aliphatic carbocycles. The van der Waals surface area contributed by atoms with Gasteiger partial charge in [-0.3, -0.25) is 9.59 Å². The number of carbonyl (C=O) groups is 1. The van der Waals surface area contributed by atoms with Crippen molar-refractivity contribution in [3.63, 3.8) is 0 Å². The highest BCUT2D eigenvalue weighted by atomic mass is 32.1. The number of hydrogen-bond donors (Lipinski definition) is 2. The maximum absolute atomic E-state index is 13.7. The van der Waals surface area contributed by atoms with Gasteiger partial charge in [0.15, 0.2) is 0 Å². The topological polar surface area (TPSA) is 71.3 Å². The minimum Gasteiger partial charge on any atom is -0.386 e. The van der Waals surface area contributed by atoms with Gasteiger partial charge in [-0.1, -0.05) is 17.4 Å². The van der Waals surface area contributed by atoms with E-state index in [1.165, 1.54) is 17.6 Å². The van der Waals surface area contributed by atoms with Crippen LogP contribution < -0.4 is 10.2 Å². The summed E-state index contributed by atoms with van der Waals surface area (Å²) in [7, 11) is 0. The van der Waals surface area contributed by atoms with Crippen molar-refractivity contribution in [2.75, 3.05) is 0 Å². The lowest BCUT2D eigenvalue weighted by molar-refractivity contribution is -0.122. The van der Waals surface area contributed by atoms with Gasteiger partial charge in [0, 0.05) is 24.0 Å². The Morgan fingerprint density at radius 1 is 1.38 bits per heavy atom. The number of benzene rings is 1. The van der Waals surface area contributed by atoms with Crippen molar-refractivity contribution in [3.05, 3.63) is 56.1 Å². The van der Waals surface area contributed by atoms with Gasteiger partial charge in [0.1, 0.15) is 17.7 Å². The van der Waals surface area contributed by atoms with Crippen molar-refractivity contribution >= 4 is 17.2 Å². The Bertz CT molecular complexity index is 768. The summed E-state index contributed by atoms with van der Waals surface area (Å²) < 4.78 is 28.8. The molecule has 8 heteroatoms. The van der Waals surface area contributed by atoms with Crippen molar-refractivity contribution in [2.24, 2.45) is 0 Å². The lowest BCUT2D eigenvalue weighted by atomic mass is 10.0. The third-order valence-electron chi connectivity index (χ3n) is 3.70. The summed E-state index contributed by atoms with van der Waals surface area (Å²) in [5.74, 6) is -2.16. The second kappa shape index (κ2) is 7.67. The number of halogens is 2.